The summed E-state index contributed by atoms with van der Waals surface area (Å²) in [5, 5.41) is 2.92. The van der Waals surface area contributed by atoms with Crippen molar-refractivity contribution in [2.45, 2.75) is 25.5 Å². The van der Waals surface area contributed by atoms with Gasteiger partial charge in [0.2, 0.25) is 11.8 Å². The lowest BCUT2D eigenvalue weighted by atomic mass is 10.1. The highest BCUT2D eigenvalue weighted by atomic mass is 16.5. The Labute approximate surface area is 154 Å². The summed E-state index contributed by atoms with van der Waals surface area (Å²) in [5.41, 5.74) is 2.24. The van der Waals surface area contributed by atoms with E-state index in [0.29, 0.717) is 26.1 Å². The highest BCUT2D eigenvalue weighted by molar-refractivity contribution is 5.78. The standard InChI is InChI=1S/C21H24N2O3/c24-20(12-11-17-7-3-1-4-8-17)22-13-19-15-23(21(25)16-26-19)14-18-9-5-2-6-10-18/h1-10,19H,11-16H2,(H,22,24). The number of carbonyl (C=O) groups excluding carboxylic acids is 2. The minimum Gasteiger partial charge on any atom is -0.365 e. The highest BCUT2D eigenvalue weighted by Crippen LogP contribution is 2.11. The molecule has 1 unspecified atom stereocenters. The van der Waals surface area contributed by atoms with E-state index in [-0.39, 0.29) is 24.5 Å². The first kappa shape index (κ1) is 18.1. The zero-order valence-corrected chi connectivity index (χ0v) is 14.8. The number of aryl methyl sites for hydroxylation is 1. The number of amides is 2. The molecule has 0 radical (unpaired) electrons. The number of hydrogen-bond donors (Lipinski definition) is 1. The number of carbonyl (C=O) groups is 2. The molecule has 1 aliphatic rings. The summed E-state index contributed by atoms with van der Waals surface area (Å²) in [6.45, 7) is 1.55. The lowest BCUT2D eigenvalue weighted by Gasteiger charge is -2.33. The predicted molar refractivity (Wildman–Crippen MR) is 99.4 cm³/mol. The van der Waals surface area contributed by atoms with Gasteiger partial charge in [-0.2, -0.15) is 0 Å². The quantitative estimate of drug-likeness (QED) is 0.831. The Bertz CT molecular complexity index is 719. The minimum absolute atomic E-state index is 0.00367. The van der Waals surface area contributed by atoms with E-state index in [0.717, 1.165) is 17.5 Å². The lowest BCUT2D eigenvalue weighted by Crippen LogP contribution is -2.50. The van der Waals surface area contributed by atoms with E-state index < -0.39 is 0 Å². The summed E-state index contributed by atoms with van der Waals surface area (Å²) in [4.78, 5) is 25.9. The van der Waals surface area contributed by atoms with Gasteiger partial charge in [-0.1, -0.05) is 60.7 Å². The second-order valence-electron chi connectivity index (χ2n) is 6.48. The second-order valence-corrected chi connectivity index (χ2v) is 6.48. The molecule has 3 rings (SSSR count). The Morgan fingerprint density at radius 1 is 1.04 bits per heavy atom. The maximum Gasteiger partial charge on any atom is 0.248 e. The lowest BCUT2D eigenvalue weighted by molar-refractivity contribution is -0.149. The Balaban J connectivity index is 1.43. The van der Waals surface area contributed by atoms with Crippen molar-refractivity contribution in [2.24, 2.45) is 0 Å². The van der Waals surface area contributed by atoms with E-state index in [4.69, 9.17) is 4.74 Å². The smallest absolute Gasteiger partial charge is 0.248 e. The predicted octanol–water partition coefficient (Wildman–Crippen LogP) is 2.16. The number of morpholine rings is 1. The average molecular weight is 352 g/mol. The van der Waals surface area contributed by atoms with Crippen LogP contribution in [0.5, 0.6) is 0 Å². The normalized spacial score (nSPS) is 17.2. The van der Waals surface area contributed by atoms with Crippen LogP contribution in [0.1, 0.15) is 17.5 Å². The van der Waals surface area contributed by atoms with Gasteiger partial charge in [0.1, 0.15) is 6.61 Å². The van der Waals surface area contributed by atoms with E-state index in [1.807, 2.05) is 60.7 Å². The summed E-state index contributed by atoms with van der Waals surface area (Å²) >= 11 is 0. The molecule has 1 N–H and O–H groups in total. The van der Waals surface area contributed by atoms with E-state index >= 15 is 0 Å². The molecule has 5 heteroatoms. The monoisotopic (exact) mass is 352 g/mol. The van der Waals surface area contributed by atoms with Crippen LogP contribution < -0.4 is 5.32 Å². The zero-order chi connectivity index (χ0) is 18.2. The van der Waals surface area contributed by atoms with Gasteiger partial charge in [0.15, 0.2) is 0 Å². The molecule has 0 bridgehead atoms. The second kappa shape index (κ2) is 9.15. The van der Waals surface area contributed by atoms with Crippen LogP contribution in [0.4, 0.5) is 0 Å². The molecule has 0 aliphatic carbocycles. The number of ether oxygens (including phenoxy) is 1. The van der Waals surface area contributed by atoms with Gasteiger partial charge in [0, 0.05) is 26.1 Å². The third-order valence-corrected chi connectivity index (χ3v) is 4.45. The van der Waals surface area contributed by atoms with Crippen molar-refractivity contribution in [2.75, 3.05) is 19.7 Å². The summed E-state index contributed by atoms with van der Waals surface area (Å²) < 4.78 is 5.57. The molecular weight excluding hydrogens is 328 g/mol. The van der Waals surface area contributed by atoms with Crippen molar-refractivity contribution in [3.05, 3.63) is 71.8 Å². The number of benzene rings is 2. The Morgan fingerprint density at radius 2 is 1.69 bits per heavy atom. The van der Waals surface area contributed by atoms with Gasteiger partial charge >= 0.3 is 0 Å². The van der Waals surface area contributed by atoms with Crippen molar-refractivity contribution in [3.8, 4) is 0 Å². The molecule has 0 aromatic heterocycles. The molecule has 2 aromatic rings. The van der Waals surface area contributed by atoms with Gasteiger partial charge < -0.3 is 15.0 Å². The van der Waals surface area contributed by atoms with Crippen LogP contribution in [0, 0.1) is 0 Å². The number of hydrogen-bond acceptors (Lipinski definition) is 3. The molecule has 2 aromatic carbocycles. The highest BCUT2D eigenvalue weighted by Gasteiger charge is 2.26. The Kier molecular flexibility index (Phi) is 6.39. The van der Waals surface area contributed by atoms with Crippen LogP contribution in [-0.4, -0.2) is 42.5 Å². The fraction of sp³-hybridized carbons (Fsp3) is 0.333. The third kappa shape index (κ3) is 5.43. The molecule has 0 saturated carbocycles. The summed E-state index contributed by atoms with van der Waals surface area (Å²) in [6.07, 6.45) is 0.998. The van der Waals surface area contributed by atoms with Gasteiger partial charge in [0.05, 0.1) is 6.10 Å². The molecule has 1 atom stereocenters. The number of rotatable bonds is 7. The molecule has 0 spiro atoms. The minimum atomic E-state index is -0.169. The van der Waals surface area contributed by atoms with Crippen LogP contribution in [-0.2, 0) is 27.3 Å². The topological polar surface area (TPSA) is 58.6 Å². The summed E-state index contributed by atoms with van der Waals surface area (Å²) in [7, 11) is 0. The largest absolute Gasteiger partial charge is 0.365 e. The molecule has 1 fully saturated rings. The molecule has 136 valence electrons. The van der Waals surface area contributed by atoms with Gasteiger partial charge in [0.25, 0.3) is 0 Å². The number of nitrogens with zero attached hydrogens (tertiary/aromatic N) is 1. The molecule has 1 saturated heterocycles. The zero-order valence-electron chi connectivity index (χ0n) is 14.8. The summed E-state index contributed by atoms with van der Waals surface area (Å²) in [6, 6.07) is 19.8. The van der Waals surface area contributed by atoms with Crippen molar-refractivity contribution in [1.29, 1.82) is 0 Å². The van der Waals surface area contributed by atoms with Gasteiger partial charge in [-0.05, 0) is 17.5 Å². The number of nitrogens with one attached hydrogen (secondary N) is 1. The molecule has 1 aliphatic heterocycles. The third-order valence-electron chi connectivity index (χ3n) is 4.45. The Hall–Kier alpha value is -2.66. The summed E-state index contributed by atoms with van der Waals surface area (Å²) in [5.74, 6) is -0.00975. The van der Waals surface area contributed by atoms with Crippen molar-refractivity contribution in [1.82, 2.24) is 10.2 Å². The van der Waals surface area contributed by atoms with Crippen LogP contribution in [0.3, 0.4) is 0 Å². The molecule has 2 amide bonds. The van der Waals surface area contributed by atoms with Gasteiger partial charge in [-0.15, -0.1) is 0 Å². The van der Waals surface area contributed by atoms with Gasteiger partial charge in [-0.25, -0.2) is 0 Å². The first-order valence-corrected chi connectivity index (χ1v) is 8.94. The first-order valence-electron chi connectivity index (χ1n) is 8.94. The van der Waals surface area contributed by atoms with E-state index in [1.165, 1.54) is 0 Å². The Morgan fingerprint density at radius 3 is 2.38 bits per heavy atom. The molecule has 1 heterocycles. The molecular formula is C21H24N2O3. The van der Waals surface area contributed by atoms with Crippen LogP contribution in [0.15, 0.2) is 60.7 Å². The maximum atomic E-state index is 12.1. The van der Waals surface area contributed by atoms with Crippen molar-refractivity contribution < 1.29 is 14.3 Å². The van der Waals surface area contributed by atoms with Crippen LogP contribution in [0.2, 0.25) is 0 Å². The first-order chi connectivity index (χ1) is 12.7. The van der Waals surface area contributed by atoms with E-state index in [9.17, 15) is 9.59 Å². The van der Waals surface area contributed by atoms with Crippen molar-refractivity contribution in [3.63, 3.8) is 0 Å². The maximum absolute atomic E-state index is 12.1. The van der Waals surface area contributed by atoms with Crippen LogP contribution in [0.25, 0.3) is 0 Å². The van der Waals surface area contributed by atoms with Crippen molar-refractivity contribution >= 4 is 11.8 Å². The van der Waals surface area contributed by atoms with E-state index in [2.05, 4.69) is 5.32 Å². The van der Waals surface area contributed by atoms with E-state index in [1.54, 1.807) is 4.90 Å². The fourth-order valence-corrected chi connectivity index (χ4v) is 2.98. The van der Waals surface area contributed by atoms with Crippen LogP contribution >= 0.6 is 0 Å². The molecule has 26 heavy (non-hydrogen) atoms. The van der Waals surface area contributed by atoms with Gasteiger partial charge in [-0.3, -0.25) is 9.59 Å². The average Bonchev–Trinajstić information content (AvgIpc) is 2.68. The molecule has 5 nitrogen and oxygen atoms in total. The SMILES string of the molecule is O=C(CCc1ccccc1)NCC1CN(Cc2ccccc2)C(=O)CO1. The fourth-order valence-electron chi connectivity index (χ4n) is 2.98.